The third-order valence-electron chi connectivity index (χ3n) is 8.89. The number of halogens is 1. The van der Waals surface area contributed by atoms with Crippen LogP contribution < -0.4 is 5.32 Å². The van der Waals surface area contributed by atoms with Crippen molar-refractivity contribution in [2.75, 3.05) is 19.6 Å². The van der Waals surface area contributed by atoms with E-state index >= 15 is 0 Å². The van der Waals surface area contributed by atoms with E-state index in [2.05, 4.69) is 31.9 Å². The first kappa shape index (κ1) is 25.0. The van der Waals surface area contributed by atoms with Crippen LogP contribution in [-0.2, 0) is 9.59 Å². The Morgan fingerprint density at radius 2 is 1.79 bits per heavy atom. The molecule has 3 fully saturated rings. The van der Waals surface area contributed by atoms with Gasteiger partial charge in [-0.3, -0.25) is 14.5 Å². The van der Waals surface area contributed by atoms with E-state index < -0.39 is 0 Å². The average molecular weight is 518 g/mol. The molecule has 4 heterocycles. The number of likely N-dealkylation sites (tertiary alicyclic amines) is 1. The molecule has 3 aliphatic rings. The number of aromatic nitrogens is 2. The van der Waals surface area contributed by atoms with Crippen LogP contribution in [0.4, 0.5) is 4.39 Å². The Kier molecular flexibility index (Phi) is 6.91. The van der Waals surface area contributed by atoms with Gasteiger partial charge in [0.15, 0.2) is 0 Å². The SMILES string of the molecule is CCC(=O)N1CC(C(=O)N[C@@H](CCN2[C@@H]3CC[C@H]2CC(n2cnc4cc(F)ccc42)C3)c2ccccc2)C1. The fraction of sp³-hybridized carbons (Fsp3) is 0.500. The Morgan fingerprint density at radius 3 is 2.50 bits per heavy atom. The number of carbonyl (C=O) groups is 2. The fourth-order valence-electron chi connectivity index (χ4n) is 6.78. The molecule has 2 aromatic carbocycles. The van der Waals surface area contributed by atoms with Crippen molar-refractivity contribution in [1.82, 2.24) is 24.7 Å². The fourth-order valence-corrected chi connectivity index (χ4v) is 6.78. The first-order valence-corrected chi connectivity index (χ1v) is 14.0. The molecular formula is C30H36FN5O2. The second-order valence-corrected chi connectivity index (χ2v) is 11.1. The lowest BCUT2D eigenvalue weighted by Gasteiger charge is -2.41. The number of nitrogens with zero attached hydrogens (tertiary/aromatic N) is 4. The molecule has 2 amide bonds. The van der Waals surface area contributed by atoms with Gasteiger partial charge in [0.2, 0.25) is 11.8 Å². The molecule has 7 nitrogen and oxygen atoms in total. The van der Waals surface area contributed by atoms with Crippen molar-refractivity contribution in [2.24, 2.45) is 5.92 Å². The molecule has 200 valence electrons. The number of nitrogens with one attached hydrogen (secondary N) is 1. The van der Waals surface area contributed by atoms with Gasteiger partial charge < -0.3 is 14.8 Å². The third kappa shape index (κ3) is 4.82. The standard InChI is InChI=1S/C30H36FN5O2/c1-2-29(37)34-17-21(18-34)30(38)33-26(20-6-4-3-5-7-20)12-13-35-23-9-10-24(35)16-25(15-23)36-19-32-27-14-22(31)8-11-28(27)36/h3-8,11,14,19,21,23-26H,2,9-10,12-13,15-18H2,1H3,(H,33,38)/t23-,24+,25?,26-/m0/s1. The van der Waals surface area contributed by atoms with Crippen molar-refractivity contribution >= 4 is 22.8 Å². The van der Waals surface area contributed by atoms with Crippen LogP contribution in [0.2, 0.25) is 0 Å². The second kappa shape index (κ2) is 10.5. The third-order valence-corrected chi connectivity index (χ3v) is 8.89. The van der Waals surface area contributed by atoms with E-state index in [9.17, 15) is 14.0 Å². The van der Waals surface area contributed by atoms with Crippen molar-refractivity contribution in [3.63, 3.8) is 0 Å². The topological polar surface area (TPSA) is 70.5 Å². The number of imidazole rings is 1. The molecule has 1 aromatic heterocycles. The minimum atomic E-state index is -0.248. The minimum Gasteiger partial charge on any atom is -0.349 e. The van der Waals surface area contributed by atoms with Crippen LogP contribution in [0.15, 0.2) is 54.9 Å². The Bertz CT molecular complexity index is 1290. The van der Waals surface area contributed by atoms with Gasteiger partial charge in [0.05, 0.1) is 29.3 Å². The van der Waals surface area contributed by atoms with Gasteiger partial charge in [0.25, 0.3) is 0 Å². The lowest BCUT2D eigenvalue weighted by Crippen LogP contribution is -2.56. The molecule has 3 aromatic rings. The van der Waals surface area contributed by atoms with Crippen molar-refractivity contribution in [1.29, 1.82) is 0 Å². The normalized spacial score (nSPS) is 24.4. The maximum Gasteiger partial charge on any atom is 0.227 e. The zero-order valence-electron chi connectivity index (χ0n) is 21.9. The van der Waals surface area contributed by atoms with Gasteiger partial charge in [-0.15, -0.1) is 0 Å². The predicted molar refractivity (Wildman–Crippen MR) is 144 cm³/mol. The van der Waals surface area contributed by atoms with Crippen LogP contribution >= 0.6 is 0 Å². The molecule has 3 aliphatic heterocycles. The number of amides is 2. The number of hydrogen-bond donors (Lipinski definition) is 1. The second-order valence-electron chi connectivity index (χ2n) is 11.1. The van der Waals surface area contributed by atoms with Crippen LogP contribution in [-0.4, -0.2) is 62.9 Å². The molecule has 6 rings (SSSR count). The monoisotopic (exact) mass is 517 g/mol. The Hall–Kier alpha value is -3.26. The van der Waals surface area contributed by atoms with Crippen LogP contribution in [0, 0.1) is 11.7 Å². The van der Waals surface area contributed by atoms with Gasteiger partial charge in [-0.25, -0.2) is 9.37 Å². The van der Waals surface area contributed by atoms with Gasteiger partial charge in [-0.05, 0) is 49.8 Å². The molecule has 0 saturated carbocycles. The van der Waals surface area contributed by atoms with Gasteiger partial charge in [0.1, 0.15) is 5.82 Å². The largest absolute Gasteiger partial charge is 0.349 e. The predicted octanol–water partition coefficient (Wildman–Crippen LogP) is 4.46. The van der Waals surface area contributed by atoms with E-state index in [0.29, 0.717) is 37.6 Å². The van der Waals surface area contributed by atoms with E-state index in [1.807, 2.05) is 37.5 Å². The summed E-state index contributed by atoms with van der Waals surface area (Å²) in [5.41, 5.74) is 2.85. The first-order valence-electron chi connectivity index (χ1n) is 14.0. The van der Waals surface area contributed by atoms with Gasteiger partial charge in [-0.1, -0.05) is 37.3 Å². The molecule has 1 unspecified atom stereocenters. The van der Waals surface area contributed by atoms with E-state index in [0.717, 1.165) is 42.4 Å². The number of carbonyl (C=O) groups excluding carboxylic acids is 2. The minimum absolute atomic E-state index is 0.0455. The Balaban J connectivity index is 1.10. The summed E-state index contributed by atoms with van der Waals surface area (Å²) >= 11 is 0. The zero-order chi connectivity index (χ0) is 26.2. The Labute approximate surface area is 223 Å². The van der Waals surface area contributed by atoms with Crippen LogP contribution in [0.1, 0.15) is 63.1 Å². The number of fused-ring (bicyclic) bond motifs is 3. The molecule has 0 spiro atoms. The highest BCUT2D eigenvalue weighted by Gasteiger charge is 2.42. The summed E-state index contributed by atoms with van der Waals surface area (Å²) in [7, 11) is 0. The smallest absolute Gasteiger partial charge is 0.227 e. The van der Waals surface area contributed by atoms with Gasteiger partial charge >= 0.3 is 0 Å². The summed E-state index contributed by atoms with van der Waals surface area (Å²) < 4.78 is 15.9. The van der Waals surface area contributed by atoms with E-state index in [1.165, 1.54) is 25.0 Å². The summed E-state index contributed by atoms with van der Waals surface area (Å²) in [4.78, 5) is 33.8. The maximum atomic E-state index is 13.7. The van der Waals surface area contributed by atoms with Crippen molar-refractivity contribution < 1.29 is 14.0 Å². The lowest BCUT2D eigenvalue weighted by atomic mass is 9.94. The molecule has 0 radical (unpaired) electrons. The van der Waals surface area contributed by atoms with Crippen LogP contribution in [0.5, 0.6) is 0 Å². The van der Waals surface area contributed by atoms with Gasteiger partial charge in [-0.2, -0.15) is 0 Å². The molecular weight excluding hydrogens is 481 g/mol. The van der Waals surface area contributed by atoms with Crippen LogP contribution in [0.3, 0.4) is 0 Å². The average Bonchev–Trinajstić information content (AvgIpc) is 3.42. The number of benzene rings is 2. The number of piperidine rings is 1. The maximum absolute atomic E-state index is 13.7. The Morgan fingerprint density at radius 1 is 1.05 bits per heavy atom. The van der Waals surface area contributed by atoms with E-state index in [-0.39, 0.29) is 29.6 Å². The zero-order valence-corrected chi connectivity index (χ0v) is 21.9. The highest BCUT2D eigenvalue weighted by molar-refractivity contribution is 5.84. The molecule has 38 heavy (non-hydrogen) atoms. The highest BCUT2D eigenvalue weighted by Crippen LogP contribution is 2.42. The summed E-state index contributed by atoms with van der Waals surface area (Å²) in [6.45, 7) is 3.83. The van der Waals surface area contributed by atoms with E-state index in [1.54, 1.807) is 4.90 Å². The first-order chi connectivity index (χ1) is 18.5. The lowest BCUT2D eigenvalue weighted by molar-refractivity contribution is -0.143. The summed E-state index contributed by atoms with van der Waals surface area (Å²) in [6.07, 6.45) is 7.71. The molecule has 8 heteroatoms. The van der Waals surface area contributed by atoms with Crippen molar-refractivity contribution in [2.45, 2.75) is 69.6 Å². The summed E-state index contributed by atoms with van der Waals surface area (Å²) in [5, 5.41) is 3.31. The van der Waals surface area contributed by atoms with Crippen LogP contribution in [0.25, 0.3) is 11.0 Å². The van der Waals surface area contributed by atoms with Gasteiger partial charge in [0, 0.05) is 50.2 Å². The molecule has 0 aliphatic carbocycles. The number of rotatable bonds is 8. The number of hydrogen-bond acceptors (Lipinski definition) is 4. The van der Waals surface area contributed by atoms with E-state index in [4.69, 9.17) is 0 Å². The molecule has 4 atom stereocenters. The molecule has 1 N–H and O–H groups in total. The van der Waals surface area contributed by atoms with Crippen molar-refractivity contribution in [3.8, 4) is 0 Å². The quantitative estimate of drug-likeness (QED) is 0.479. The summed E-state index contributed by atoms with van der Waals surface area (Å²) in [6, 6.07) is 16.4. The van der Waals surface area contributed by atoms with Crippen molar-refractivity contribution in [3.05, 3.63) is 66.2 Å². The highest BCUT2D eigenvalue weighted by atomic mass is 19.1. The summed E-state index contributed by atoms with van der Waals surface area (Å²) in [5.74, 6) is -0.212. The molecule has 3 saturated heterocycles. The molecule has 2 bridgehead atoms.